The molecule has 0 aliphatic carbocycles. The third-order valence-electron chi connectivity index (χ3n) is 5.38. The molecule has 0 unspecified atom stereocenters. The van der Waals surface area contributed by atoms with Gasteiger partial charge in [0.1, 0.15) is 5.82 Å². The molecule has 0 spiro atoms. The highest BCUT2D eigenvalue weighted by Crippen LogP contribution is 2.29. The van der Waals surface area contributed by atoms with Crippen LogP contribution in [0.3, 0.4) is 0 Å². The Morgan fingerprint density at radius 2 is 1.55 bits per heavy atom. The Bertz CT molecular complexity index is 1210. The normalized spacial score (nSPS) is 11.8. The van der Waals surface area contributed by atoms with Gasteiger partial charge >= 0.3 is 5.97 Å². The zero-order chi connectivity index (χ0) is 24.2. The Morgan fingerprint density at radius 3 is 2.09 bits per heavy atom. The van der Waals surface area contributed by atoms with Crippen molar-refractivity contribution in [2.45, 2.75) is 44.0 Å². The quantitative estimate of drug-likeness (QED) is 0.444. The van der Waals surface area contributed by atoms with Crippen LogP contribution in [-0.2, 0) is 37.9 Å². The fourth-order valence-corrected chi connectivity index (χ4v) is 4.81. The number of nitrogens with zero attached hydrogens (tertiary/aromatic N) is 1. The monoisotopic (exact) mass is 469 g/mol. The van der Waals surface area contributed by atoms with Gasteiger partial charge in [0.15, 0.2) is 0 Å². The van der Waals surface area contributed by atoms with E-state index < -0.39 is 21.8 Å². The number of ether oxygens (including phenoxy) is 1. The van der Waals surface area contributed by atoms with Gasteiger partial charge in [-0.3, -0.25) is 9.10 Å². The van der Waals surface area contributed by atoms with Gasteiger partial charge in [0.2, 0.25) is 0 Å². The molecule has 0 heterocycles. The van der Waals surface area contributed by atoms with Crippen LogP contribution in [0.5, 0.6) is 0 Å². The summed E-state index contributed by atoms with van der Waals surface area (Å²) in [4.78, 5) is 11.7. The molecule has 0 atom stereocenters. The first kappa shape index (κ1) is 24.5. The van der Waals surface area contributed by atoms with Gasteiger partial charge in [-0.2, -0.15) is 0 Å². The molecular weight excluding hydrogens is 441 g/mol. The van der Waals surface area contributed by atoms with Crippen LogP contribution in [0.4, 0.5) is 10.1 Å². The lowest BCUT2D eigenvalue weighted by Crippen LogP contribution is -2.31. The van der Waals surface area contributed by atoms with Gasteiger partial charge in [-0.15, -0.1) is 0 Å². The molecule has 174 valence electrons. The number of esters is 1. The number of halogens is 1. The molecule has 0 aliphatic rings. The minimum atomic E-state index is -4.00. The Morgan fingerprint density at radius 1 is 0.939 bits per heavy atom. The molecule has 3 rings (SSSR count). The van der Waals surface area contributed by atoms with Crippen molar-refractivity contribution in [1.82, 2.24) is 0 Å². The maximum Gasteiger partial charge on any atom is 0.309 e. The highest BCUT2D eigenvalue weighted by molar-refractivity contribution is 7.92. The van der Waals surface area contributed by atoms with E-state index in [1.54, 1.807) is 66.7 Å². The van der Waals surface area contributed by atoms with Crippen molar-refractivity contribution >= 4 is 21.7 Å². The average molecular weight is 470 g/mol. The maximum absolute atomic E-state index is 14.4. The molecule has 0 aliphatic heterocycles. The third-order valence-corrected chi connectivity index (χ3v) is 7.17. The van der Waals surface area contributed by atoms with Crippen molar-refractivity contribution in [3.05, 3.63) is 95.3 Å². The molecule has 33 heavy (non-hydrogen) atoms. The summed E-state index contributed by atoms with van der Waals surface area (Å²) >= 11 is 0. The second kappa shape index (κ2) is 9.75. The molecule has 5 nitrogen and oxygen atoms in total. The third kappa shape index (κ3) is 5.79. The molecule has 0 N–H and O–H groups in total. The molecule has 0 radical (unpaired) electrons. The molecule has 0 saturated heterocycles. The van der Waals surface area contributed by atoms with Crippen LogP contribution in [0.15, 0.2) is 77.7 Å². The molecule has 0 aromatic heterocycles. The van der Waals surface area contributed by atoms with Crippen LogP contribution in [0.25, 0.3) is 0 Å². The predicted molar refractivity (Wildman–Crippen MR) is 127 cm³/mol. The van der Waals surface area contributed by atoms with Gasteiger partial charge in [0, 0.05) is 5.56 Å². The molecule has 3 aromatic carbocycles. The van der Waals surface area contributed by atoms with Gasteiger partial charge in [0.25, 0.3) is 10.0 Å². The maximum atomic E-state index is 14.4. The number of methoxy groups -OCH3 is 1. The summed E-state index contributed by atoms with van der Waals surface area (Å²) in [5.41, 5.74) is 2.19. The second-order valence-electron chi connectivity index (χ2n) is 8.80. The van der Waals surface area contributed by atoms with Gasteiger partial charge < -0.3 is 4.74 Å². The van der Waals surface area contributed by atoms with E-state index in [9.17, 15) is 17.6 Å². The zero-order valence-electron chi connectivity index (χ0n) is 19.2. The summed E-state index contributed by atoms with van der Waals surface area (Å²) < 4.78 is 47.6. The van der Waals surface area contributed by atoms with Gasteiger partial charge in [-0.1, -0.05) is 63.2 Å². The Hall–Kier alpha value is -3.19. The fourth-order valence-electron chi connectivity index (χ4n) is 3.37. The summed E-state index contributed by atoms with van der Waals surface area (Å²) in [7, 11) is -2.69. The predicted octanol–water partition coefficient (Wildman–Crippen LogP) is 5.23. The van der Waals surface area contributed by atoms with Crippen molar-refractivity contribution in [1.29, 1.82) is 0 Å². The summed E-state index contributed by atoms with van der Waals surface area (Å²) in [6, 6.07) is 19.4. The van der Waals surface area contributed by atoms with E-state index in [-0.39, 0.29) is 28.8 Å². The van der Waals surface area contributed by atoms with Gasteiger partial charge in [-0.25, -0.2) is 12.8 Å². The van der Waals surface area contributed by atoms with E-state index in [1.807, 2.05) is 0 Å². The smallest absolute Gasteiger partial charge is 0.309 e. The highest BCUT2D eigenvalue weighted by Gasteiger charge is 2.27. The number of hydrogen-bond donors (Lipinski definition) is 0. The lowest BCUT2D eigenvalue weighted by Gasteiger charge is -2.26. The molecule has 7 heteroatoms. The lowest BCUT2D eigenvalue weighted by atomic mass is 9.87. The van der Waals surface area contributed by atoms with E-state index in [1.165, 1.54) is 17.5 Å². The van der Waals surface area contributed by atoms with E-state index >= 15 is 0 Å². The van der Waals surface area contributed by atoms with Crippen LogP contribution < -0.4 is 4.31 Å². The van der Waals surface area contributed by atoms with Crippen LogP contribution in [0.2, 0.25) is 0 Å². The molecule has 3 aromatic rings. The Kier molecular flexibility index (Phi) is 7.22. The summed E-state index contributed by atoms with van der Waals surface area (Å²) in [6.45, 7) is 5.98. The number of hydrogen-bond acceptors (Lipinski definition) is 4. The van der Waals surface area contributed by atoms with Crippen LogP contribution in [0, 0.1) is 5.82 Å². The molecule has 0 bridgehead atoms. The largest absolute Gasteiger partial charge is 0.469 e. The van der Waals surface area contributed by atoms with Crippen molar-refractivity contribution < 1.29 is 22.3 Å². The Labute approximate surface area is 194 Å². The topological polar surface area (TPSA) is 63.7 Å². The SMILES string of the molecule is COC(=O)Cc1ccc(N(Cc2ccccc2F)S(=O)(=O)c2ccc(C(C)(C)C)cc2)cc1. The lowest BCUT2D eigenvalue weighted by molar-refractivity contribution is -0.139. The summed E-state index contributed by atoms with van der Waals surface area (Å²) in [5.74, 6) is -0.874. The number of sulfonamides is 1. The van der Waals surface area contributed by atoms with Crippen LogP contribution in [0.1, 0.15) is 37.5 Å². The first-order valence-electron chi connectivity index (χ1n) is 10.5. The first-order chi connectivity index (χ1) is 15.5. The molecule has 0 amide bonds. The highest BCUT2D eigenvalue weighted by atomic mass is 32.2. The number of carbonyl (C=O) groups is 1. The van der Waals surface area contributed by atoms with E-state index in [4.69, 9.17) is 0 Å². The van der Waals surface area contributed by atoms with Crippen molar-refractivity contribution in [3.63, 3.8) is 0 Å². The van der Waals surface area contributed by atoms with Gasteiger partial charge in [-0.05, 0) is 46.9 Å². The average Bonchev–Trinajstić information content (AvgIpc) is 2.78. The minimum absolute atomic E-state index is 0.0745. The Balaban J connectivity index is 2.03. The number of anilines is 1. The van der Waals surface area contributed by atoms with E-state index in [0.29, 0.717) is 11.3 Å². The fraction of sp³-hybridized carbons (Fsp3) is 0.269. The molecule has 0 saturated carbocycles. The second-order valence-corrected chi connectivity index (χ2v) is 10.7. The van der Waals surface area contributed by atoms with E-state index in [0.717, 1.165) is 5.56 Å². The van der Waals surface area contributed by atoms with Crippen molar-refractivity contribution in [2.24, 2.45) is 0 Å². The van der Waals surface area contributed by atoms with Crippen molar-refractivity contribution in [3.8, 4) is 0 Å². The van der Waals surface area contributed by atoms with Gasteiger partial charge in [0.05, 0.1) is 30.7 Å². The number of rotatable bonds is 7. The van der Waals surface area contributed by atoms with Crippen molar-refractivity contribution in [2.75, 3.05) is 11.4 Å². The van der Waals surface area contributed by atoms with Crippen LogP contribution in [-0.4, -0.2) is 21.5 Å². The minimum Gasteiger partial charge on any atom is -0.469 e. The molecular formula is C26H28FNO4S. The number of benzene rings is 3. The van der Waals surface area contributed by atoms with Crippen LogP contribution >= 0.6 is 0 Å². The standard InChI is InChI=1S/C26H28FNO4S/c1-26(2,3)21-11-15-23(16-12-21)33(30,31)28(18-20-7-5-6-8-24(20)27)22-13-9-19(10-14-22)17-25(29)32-4/h5-16H,17-18H2,1-4H3. The zero-order valence-corrected chi connectivity index (χ0v) is 20.0. The summed E-state index contributed by atoms with van der Waals surface area (Å²) in [6.07, 6.45) is 0.0745. The summed E-state index contributed by atoms with van der Waals surface area (Å²) in [5, 5.41) is 0. The number of carbonyl (C=O) groups excluding carboxylic acids is 1. The molecule has 0 fully saturated rings. The van der Waals surface area contributed by atoms with E-state index in [2.05, 4.69) is 25.5 Å². The first-order valence-corrected chi connectivity index (χ1v) is 12.0.